The molecule has 0 radical (unpaired) electrons. The van der Waals surface area contributed by atoms with Gasteiger partial charge in [0.05, 0.1) is 11.9 Å². The molecule has 2 aromatic heterocycles. The van der Waals surface area contributed by atoms with Gasteiger partial charge in [-0.3, -0.25) is 0 Å². The first-order valence-corrected chi connectivity index (χ1v) is 10.3. The molecule has 0 amide bonds. The minimum Gasteiger partial charge on any atom is -0.383 e. The topological polar surface area (TPSA) is 62.7 Å². The van der Waals surface area contributed by atoms with Crippen LogP contribution in [0, 0.1) is 6.92 Å². The summed E-state index contributed by atoms with van der Waals surface area (Å²) in [7, 11) is 2.18. The summed E-state index contributed by atoms with van der Waals surface area (Å²) in [6.07, 6.45) is 1.86. The quantitative estimate of drug-likeness (QED) is 0.570. The lowest BCUT2D eigenvalue weighted by Gasteiger charge is -2.34. The molecule has 0 bridgehead atoms. The first kappa shape index (κ1) is 18.6. The fraction of sp³-hybridized carbons (Fsp3) is 0.250. The molecule has 1 fully saturated rings. The molecule has 5 rings (SSSR count). The van der Waals surface area contributed by atoms with Crippen LogP contribution in [0.5, 0.6) is 0 Å². The third-order valence-corrected chi connectivity index (χ3v) is 6.02. The predicted octanol–water partition coefficient (Wildman–Crippen LogP) is 3.71. The van der Waals surface area contributed by atoms with Gasteiger partial charge in [-0.25, -0.2) is 4.98 Å². The molecule has 3 heterocycles. The van der Waals surface area contributed by atoms with Gasteiger partial charge in [0.2, 0.25) is 0 Å². The maximum absolute atomic E-state index is 6.43. The van der Waals surface area contributed by atoms with Crippen molar-refractivity contribution < 1.29 is 0 Å². The number of anilines is 2. The largest absolute Gasteiger partial charge is 0.383 e. The van der Waals surface area contributed by atoms with E-state index in [-0.39, 0.29) is 0 Å². The number of hydrogen-bond donors (Lipinski definition) is 1. The van der Waals surface area contributed by atoms with E-state index in [0.29, 0.717) is 5.82 Å². The Bertz CT molecular complexity index is 1170. The fourth-order valence-corrected chi connectivity index (χ4v) is 4.09. The molecule has 0 spiro atoms. The van der Waals surface area contributed by atoms with E-state index in [1.165, 1.54) is 5.69 Å². The molecule has 2 N–H and O–H groups in total. The Morgan fingerprint density at radius 3 is 2.27 bits per heavy atom. The molecule has 4 aromatic rings. The van der Waals surface area contributed by atoms with Crippen LogP contribution < -0.4 is 10.6 Å². The van der Waals surface area contributed by atoms with Crippen LogP contribution in [0.4, 0.5) is 11.5 Å². The average molecular weight is 399 g/mol. The van der Waals surface area contributed by atoms with Gasteiger partial charge in [0.15, 0.2) is 5.65 Å². The van der Waals surface area contributed by atoms with Crippen LogP contribution in [0.2, 0.25) is 0 Å². The van der Waals surface area contributed by atoms with E-state index < -0.39 is 0 Å². The first-order chi connectivity index (χ1) is 14.6. The number of nitrogens with two attached hydrogens (primary N) is 1. The number of rotatable bonds is 3. The number of nitrogens with zero attached hydrogens (tertiary/aromatic N) is 5. The summed E-state index contributed by atoms with van der Waals surface area (Å²) in [5, 5.41) is 4.52. The van der Waals surface area contributed by atoms with Crippen molar-refractivity contribution >= 4 is 17.2 Å². The Kier molecular flexibility index (Phi) is 4.64. The molecule has 152 valence electrons. The summed E-state index contributed by atoms with van der Waals surface area (Å²) in [5.74, 6) is 0.624. The lowest BCUT2D eigenvalue weighted by atomic mass is 10.1. The maximum Gasteiger partial charge on any atom is 0.165 e. The summed E-state index contributed by atoms with van der Waals surface area (Å²) in [5.41, 5.74) is 13.5. The highest BCUT2D eigenvalue weighted by atomic mass is 15.3. The van der Waals surface area contributed by atoms with Gasteiger partial charge in [-0.1, -0.05) is 42.5 Å². The molecular formula is C24H26N6. The van der Waals surface area contributed by atoms with Crippen molar-refractivity contribution in [3.63, 3.8) is 0 Å². The lowest BCUT2D eigenvalue weighted by molar-refractivity contribution is 0.313. The Morgan fingerprint density at radius 2 is 1.57 bits per heavy atom. The van der Waals surface area contributed by atoms with E-state index in [9.17, 15) is 0 Å². The highest BCUT2D eigenvalue weighted by Gasteiger charge is 2.17. The maximum atomic E-state index is 6.43. The van der Waals surface area contributed by atoms with Crippen LogP contribution in [0.3, 0.4) is 0 Å². The monoisotopic (exact) mass is 398 g/mol. The van der Waals surface area contributed by atoms with Crippen molar-refractivity contribution in [2.24, 2.45) is 0 Å². The van der Waals surface area contributed by atoms with E-state index in [1.807, 2.05) is 31.3 Å². The van der Waals surface area contributed by atoms with Gasteiger partial charge in [0, 0.05) is 48.6 Å². The zero-order valence-electron chi connectivity index (χ0n) is 17.4. The Hall–Kier alpha value is -3.38. The van der Waals surface area contributed by atoms with Gasteiger partial charge in [-0.15, -0.1) is 0 Å². The van der Waals surface area contributed by atoms with Gasteiger partial charge in [0.1, 0.15) is 5.82 Å². The van der Waals surface area contributed by atoms with E-state index in [0.717, 1.165) is 59.8 Å². The van der Waals surface area contributed by atoms with Crippen molar-refractivity contribution in [2.75, 3.05) is 43.9 Å². The minimum absolute atomic E-state index is 0.624. The average Bonchev–Trinajstić information content (AvgIpc) is 3.22. The van der Waals surface area contributed by atoms with Crippen LogP contribution in [0.1, 0.15) is 5.56 Å². The van der Waals surface area contributed by atoms with Crippen molar-refractivity contribution in [2.45, 2.75) is 6.92 Å². The smallest absolute Gasteiger partial charge is 0.165 e. The molecule has 1 aliphatic rings. The molecule has 6 heteroatoms. The molecule has 6 nitrogen and oxygen atoms in total. The zero-order valence-corrected chi connectivity index (χ0v) is 17.4. The Morgan fingerprint density at radius 1 is 0.867 bits per heavy atom. The minimum atomic E-state index is 0.624. The van der Waals surface area contributed by atoms with Gasteiger partial charge in [0.25, 0.3) is 0 Å². The summed E-state index contributed by atoms with van der Waals surface area (Å²) in [6.45, 7) is 6.31. The van der Waals surface area contributed by atoms with Crippen molar-refractivity contribution in [3.8, 4) is 22.4 Å². The molecule has 0 atom stereocenters. The number of benzene rings is 2. The summed E-state index contributed by atoms with van der Waals surface area (Å²) >= 11 is 0. The predicted molar refractivity (Wildman–Crippen MR) is 123 cm³/mol. The molecule has 30 heavy (non-hydrogen) atoms. The molecule has 2 aromatic carbocycles. The highest BCUT2D eigenvalue weighted by Crippen LogP contribution is 2.31. The van der Waals surface area contributed by atoms with Crippen LogP contribution >= 0.6 is 0 Å². The Labute approximate surface area is 176 Å². The van der Waals surface area contributed by atoms with Crippen LogP contribution in [-0.2, 0) is 0 Å². The number of piperazine rings is 1. The number of fused-ring (bicyclic) bond motifs is 1. The number of hydrogen-bond acceptors (Lipinski definition) is 5. The molecule has 0 saturated carbocycles. The molecule has 0 unspecified atom stereocenters. The van der Waals surface area contributed by atoms with Crippen molar-refractivity contribution in [1.29, 1.82) is 0 Å². The summed E-state index contributed by atoms with van der Waals surface area (Å²) in [4.78, 5) is 9.77. The number of nitrogen functional groups attached to an aromatic ring is 1. The zero-order chi connectivity index (χ0) is 20.7. The van der Waals surface area contributed by atoms with Gasteiger partial charge >= 0.3 is 0 Å². The normalized spacial score (nSPS) is 15.1. The highest BCUT2D eigenvalue weighted by molar-refractivity contribution is 5.82. The van der Waals surface area contributed by atoms with Gasteiger partial charge < -0.3 is 15.5 Å². The molecule has 1 aliphatic heterocycles. The van der Waals surface area contributed by atoms with Crippen molar-refractivity contribution in [1.82, 2.24) is 19.5 Å². The summed E-state index contributed by atoms with van der Waals surface area (Å²) in [6, 6.07) is 18.9. The second-order valence-electron chi connectivity index (χ2n) is 7.97. The molecule has 1 saturated heterocycles. The third-order valence-electron chi connectivity index (χ3n) is 6.02. The summed E-state index contributed by atoms with van der Waals surface area (Å²) < 4.78 is 1.74. The van der Waals surface area contributed by atoms with Crippen LogP contribution in [-0.4, -0.2) is 52.7 Å². The number of likely N-dealkylation sites (N-methyl/N-ethyl adjacent to an activating group) is 1. The third kappa shape index (κ3) is 3.19. The first-order valence-electron chi connectivity index (χ1n) is 10.3. The number of aromatic nitrogens is 3. The fourth-order valence-electron chi connectivity index (χ4n) is 4.09. The second kappa shape index (κ2) is 7.46. The van der Waals surface area contributed by atoms with Crippen molar-refractivity contribution in [3.05, 3.63) is 66.4 Å². The van der Waals surface area contributed by atoms with Gasteiger partial charge in [-0.2, -0.15) is 9.61 Å². The molecular weight excluding hydrogens is 372 g/mol. The van der Waals surface area contributed by atoms with E-state index in [2.05, 4.69) is 58.3 Å². The Balaban J connectivity index is 1.54. The van der Waals surface area contributed by atoms with Gasteiger partial charge in [-0.05, 0) is 31.7 Å². The lowest BCUT2D eigenvalue weighted by Crippen LogP contribution is -2.44. The van der Waals surface area contributed by atoms with Crippen LogP contribution in [0.15, 0.2) is 60.8 Å². The van der Waals surface area contributed by atoms with Crippen LogP contribution in [0.25, 0.3) is 28.0 Å². The second-order valence-corrected chi connectivity index (χ2v) is 7.97. The van der Waals surface area contributed by atoms with E-state index in [1.54, 1.807) is 4.52 Å². The van der Waals surface area contributed by atoms with E-state index in [4.69, 9.17) is 10.7 Å². The van der Waals surface area contributed by atoms with E-state index >= 15 is 0 Å². The molecule has 0 aliphatic carbocycles. The SMILES string of the molecule is Cc1c(-c2ccccc2)nc2c(-c3ccc(N4CCN(C)CC4)cc3)cnn2c1N. The standard InChI is InChI=1S/C24H26N6/c1-17-22(19-6-4-3-5-7-19)27-24-21(16-26-30(24)23(17)25)18-8-10-20(11-9-18)29-14-12-28(2)13-15-29/h3-11,16H,12-15,25H2,1-2H3.